The van der Waals surface area contributed by atoms with Gasteiger partial charge in [-0.1, -0.05) is 6.42 Å². The van der Waals surface area contributed by atoms with E-state index in [1.54, 1.807) is 12.3 Å². The first-order valence-electron chi connectivity index (χ1n) is 6.78. The lowest BCUT2D eigenvalue weighted by molar-refractivity contribution is 0.120. The Bertz CT molecular complexity index is 400. The highest BCUT2D eigenvalue weighted by molar-refractivity contribution is 5.31. The summed E-state index contributed by atoms with van der Waals surface area (Å²) in [4.78, 5) is 13.5. The zero-order chi connectivity index (χ0) is 12.4. The average molecular weight is 248 g/mol. The average Bonchev–Trinajstić information content (AvgIpc) is 2.38. The highest BCUT2D eigenvalue weighted by atomic mass is 16.3. The molecule has 1 saturated heterocycles. The van der Waals surface area contributed by atoms with Crippen LogP contribution in [0.25, 0.3) is 0 Å². The number of anilines is 1. The third-order valence-electron chi connectivity index (χ3n) is 4.05. The number of hydrogen-bond donors (Lipinski definition) is 1. The van der Waals surface area contributed by atoms with E-state index in [0.717, 1.165) is 38.2 Å². The molecule has 0 aromatic carbocycles. The van der Waals surface area contributed by atoms with Crippen molar-refractivity contribution in [3.05, 3.63) is 18.0 Å². The van der Waals surface area contributed by atoms with Crippen LogP contribution in [0.15, 0.2) is 12.3 Å². The van der Waals surface area contributed by atoms with Gasteiger partial charge in [-0.05, 0) is 18.9 Å². The summed E-state index contributed by atoms with van der Waals surface area (Å²) in [6.45, 7) is 4.18. The Morgan fingerprint density at radius 1 is 1.22 bits per heavy atom. The molecule has 0 atom stereocenters. The number of rotatable bonds is 3. The molecule has 0 amide bonds. The highest BCUT2D eigenvalue weighted by Gasteiger charge is 2.28. The molecule has 1 N–H and O–H groups in total. The van der Waals surface area contributed by atoms with Crippen molar-refractivity contribution in [2.45, 2.75) is 31.9 Å². The molecule has 5 heteroatoms. The van der Waals surface area contributed by atoms with Crippen LogP contribution in [0.5, 0.6) is 0 Å². The van der Waals surface area contributed by atoms with Gasteiger partial charge in [0, 0.05) is 38.4 Å². The van der Waals surface area contributed by atoms with Gasteiger partial charge in [0.15, 0.2) is 0 Å². The maximum Gasteiger partial charge on any atom is 0.225 e. The molecular formula is C13H20N4O. The molecule has 1 aliphatic heterocycles. The van der Waals surface area contributed by atoms with Crippen molar-refractivity contribution in [1.29, 1.82) is 0 Å². The quantitative estimate of drug-likeness (QED) is 0.851. The van der Waals surface area contributed by atoms with Gasteiger partial charge in [-0.3, -0.25) is 4.90 Å². The molecule has 2 heterocycles. The minimum Gasteiger partial charge on any atom is -0.390 e. The monoisotopic (exact) mass is 248 g/mol. The summed E-state index contributed by atoms with van der Waals surface area (Å²) >= 11 is 0. The fraction of sp³-hybridized carbons (Fsp3) is 0.692. The smallest absolute Gasteiger partial charge is 0.225 e. The minimum absolute atomic E-state index is 0.0163. The summed E-state index contributed by atoms with van der Waals surface area (Å²) in [6.07, 6.45) is 5.87. The van der Waals surface area contributed by atoms with Crippen molar-refractivity contribution in [3.63, 3.8) is 0 Å². The first kappa shape index (κ1) is 11.9. The SMILES string of the molecule is OCc1ccnc(N2CCN(C3CCC3)CC2)n1. The molecule has 0 spiro atoms. The molecule has 0 unspecified atom stereocenters. The van der Waals surface area contributed by atoms with Gasteiger partial charge in [0.25, 0.3) is 0 Å². The molecule has 18 heavy (non-hydrogen) atoms. The van der Waals surface area contributed by atoms with Crippen molar-refractivity contribution >= 4 is 5.95 Å². The normalized spacial score (nSPS) is 21.9. The highest BCUT2D eigenvalue weighted by Crippen LogP contribution is 2.26. The van der Waals surface area contributed by atoms with Crippen LogP contribution >= 0.6 is 0 Å². The lowest BCUT2D eigenvalue weighted by Gasteiger charge is -2.42. The van der Waals surface area contributed by atoms with Crippen molar-refractivity contribution in [3.8, 4) is 0 Å². The van der Waals surface area contributed by atoms with Gasteiger partial charge in [-0.2, -0.15) is 0 Å². The van der Waals surface area contributed by atoms with E-state index in [4.69, 9.17) is 5.11 Å². The predicted molar refractivity (Wildman–Crippen MR) is 69.4 cm³/mol. The second-order valence-corrected chi connectivity index (χ2v) is 5.11. The van der Waals surface area contributed by atoms with E-state index in [1.807, 2.05) is 0 Å². The molecule has 2 fully saturated rings. The molecule has 1 saturated carbocycles. The van der Waals surface area contributed by atoms with Gasteiger partial charge in [0.1, 0.15) is 0 Å². The Hall–Kier alpha value is -1.20. The van der Waals surface area contributed by atoms with Crippen LogP contribution in [0.4, 0.5) is 5.95 Å². The van der Waals surface area contributed by atoms with Crippen LogP contribution in [0, 0.1) is 0 Å². The number of aliphatic hydroxyl groups excluding tert-OH is 1. The van der Waals surface area contributed by atoms with E-state index in [9.17, 15) is 0 Å². The fourth-order valence-corrected chi connectivity index (χ4v) is 2.66. The lowest BCUT2D eigenvalue weighted by atomic mass is 9.91. The topological polar surface area (TPSA) is 52.5 Å². The van der Waals surface area contributed by atoms with E-state index in [-0.39, 0.29) is 6.61 Å². The van der Waals surface area contributed by atoms with Crippen LogP contribution < -0.4 is 4.90 Å². The lowest BCUT2D eigenvalue weighted by Crippen LogP contribution is -2.52. The first-order chi connectivity index (χ1) is 8.86. The van der Waals surface area contributed by atoms with E-state index in [1.165, 1.54) is 19.3 Å². The Balaban J connectivity index is 1.60. The van der Waals surface area contributed by atoms with Gasteiger partial charge in [-0.25, -0.2) is 9.97 Å². The van der Waals surface area contributed by atoms with Gasteiger partial charge in [-0.15, -0.1) is 0 Å². The zero-order valence-corrected chi connectivity index (χ0v) is 10.6. The Morgan fingerprint density at radius 2 is 2.00 bits per heavy atom. The fourth-order valence-electron chi connectivity index (χ4n) is 2.66. The standard InChI is InChI=1S/C13H20N4O/c18-10-11-4-5-14-13(15-11)17-8-6-16(7-9-17)12-2-1-3-12/h4-5,12,18H,1-3,6-10H2. The molecule has 1 aliphatic carbocycles. The number of aliphatic hydroxyl groups is 1. The van der Waals surface area contributed by atoms with Gasteiger partial charge < -0.3 is 10.0 Å². The van der Waals surface area contributed by atoms with Gasteiger partial charge >= 0.3 is 0 Å². The molecule has 98 valence electrons. The number of nitrogens with zero attached hydrogens (tertiary/aromatic N) is 4. The van der Waals surface area contributed by atoms with E-state index >= 15 is 0 Å². The summed E-state index contributed by atoms with van der Waals surface area (Å²) in [6, 6.07) is 2.59. The second kappa shape index (κ2) is 5.20. The van der Waals surface area contributed by atoms with Crippen molar-refractivity contribution in [1.82, 2.24) is 14.9 Å². The Labute approximate surface area is 107 Å². The molecule has 1 aromatic heterocycles. The molecule has 0 bridgehead atoms. The third kappa shape index (κ3) is 2.33. The summed E-state index contributed by atoms with van der Waals surface area (Å²) in [5.74, 6) is 0.759. The van der Waals surface area contributed by atoms with E-state index in [2.05, 4.69) is 19.8 Å². The molecule has 1 aromatic rings. The van der Waals surface area contributed by atoms with Crippen molar-refractivity contribution < 1.29 is 5.11 Å². The maximum absolute atomic E-state index is 9.10. The number of piperazine rings is 1. The summed E-state index contributed by atoms with van der Waals surface area (Å²) in [7, 11) is 0. The summed E-state index contributed by atoms with van der Waals surface area (Å²) in [5.41, 5.74) is 0.696. The molecular weight excluding hydrogens is 228 g/mol. The summed E-state index contributed by atoms with van der Waals surface area (Å²) in [5, 5.41) is 9.10. The number of hydrogen-bond acceptors (Lipinski definition) is 5. The minimum atomic E-state index is -0.0163. The van der Waals surface area contributed by atoms with Crippen LogP contribution in [0.3, 0.4) is 0 Å². The van der Waals surface area contributed by atoms with Crippen molar-refractivity contribution in [2.24, 2.45) is 0 Å². The third-order valence-corrected chi connectivity index (χ3v) is 4.05. The largest absolute Gasteiger partial charge is 0.390 e. The summed E-state index contributed by atoms with van der Waals surface area (Å²) < 4.78 is 0. The second-order valence-electron chi connectivity index (χ2n) is 5.11. The Kier molecular flexibility index (Phi) is 3.43. The number of aromatic nitrogens is 2. The van der Waals surface area contributed by atoms with Crippen LogP contribution in [0.2, 0.25) is 0 Å². The van der Waals surface area contributed by atoms with Gasteiger partial charge in [0.2, 0.25) is 5.95 Å². The molecule has 0 radical (unpaired) electrons. The Morgan fingerprint density at radius 3 is 2.61 bits per heavy atom. The van der Waals surface area contributed by atoms with E-state index in [0.29, 0.717) is 5.69 Å². The van der Waals surface area contributed by atoms with Crippen molar-refractivity contribution in [2.75, 3.05) is 31.1 Å². The van der Waals surface area contributed by atoms with Crippen LogP contribution in [-0.2, 0) is 6.61 Å². The van der Waals surface area contributed by atoms with Crippen LogP contribution in [-0.4, -0.2) is 52.2 Å². The maximum atomic E-state index is 9.10. The predicted octanol–water partition coefficient (Wildman–Crippen LogP) is 0.643. The van der Waals surface area contributed by atoms with Gasteiger partial charge in [0.05, 0.1) is 12.3 Å². The van der Waals surface area contributed by atoms with Crippen LogP contribution in [0.1, 0.15) is 25.0 Å². The zero-order valence-electron chi connectivity index (χ0n) is 10.6. The molecule has 2 aliphatic rings. The molecule has 3 rings (SSSR count). The molecule has 5 nitrogen and oxygen atoms in total. The van der Waals surface area contributed by atoms with E-state index < -0.39 is 0 Å². The first-order valence-corrected chi connectivity index (χ1v) is 6.78.